The molecule has 2 rings (SSSR count). The van der Waals surface area contributed by atoms with Gasteiger partial charge in [-0.25, -0.2) is 4.98 Å². The molecule has 4 nitrogen and oxygen atoms in total. The molecule has 0 spiro atoms. The predicted octanol–water partition coefficient (Wildman–Crippen LogP) is 1.52. The van der Waals surface area contributed by atoms with Gasteiger partial charge in [0.25, 0.3) is 0 Å². The molecule has 0 saturated carbocycles. The van der Waals surface area contributed by atoms with Crippen LogP contribution in [0.5, 0.6) is 0 Å². The van der Waals surface area contributed by atoms with Crippen LogP contribution in [-0.2, 0) is 12.7 Å². The van der Waals surface area contributed by atoms with Crippen LogP contribution in [0.4, 0.5) is 19.0 Å². The number of alkyl halides is 3. The first kappa shape index (κ1) is 14.1. The van der Waals surface area contributed by atoms with Gasteiger partial charge in [-0.05, 0) is 18.9 Å². The van der Waals surface area contributed by atoms with Gasteiger partial charge < -0.3 is 15.7 Å². The van der Waals surface area contributed by atoms with Crippen LogP contribution in [-0.4, -0.2) is 29.3 Å². The average molecular weight is 275 g/mol. The summed E-state index contributed by atoms with van der Waals surface area (Å²) in [7, 11) is 0. The number of pyridine rings is 1. The maximum atomic E-state index is 12.7. The Morgan fingerprint density at radius 3 is 2.74 bits per heavy atom. The number of hydrogen-bond donors (Lipinski definition) is 2. The Balaban J connectivity index is 2.35. The summed E-state index contributed by atoms with van der Waals surface area (Å²) in [6.45, 7) is 0.993. The highest BCUT2D eigenvalue weighted by atomic mass is 19.4. The number of nitrogens with two attached hydrogens (primary N) is 1. The number of halogens is 3. The normalized spacial score (nSPS) is 20.7. The molecular formula is C12H16F3N3O. The molecule has 3 N–H and O–H groups in total. The summed E-state index contributed by atoms with van der Waals surface area (Å²) in [5.41, 5.74) is 5.17. The highest BCUT2D eigenvalue weighted by Crippen LogP contribution is 2.31. The number of piperidine rings is 1. The third kappa shape index (κ3) is 3.16. The standard InChI is InChI=1S/C12H16F3N3O/c13-12(14,15)10-4-3-8(6-16)11(17-10)18-5-1-2-9(19)7-18/h3-4,9,19H,1-2,5-7,16H2. The highest BCUT2D eigenvalue weighted by molar-refractivity contribution is 5.48. The summed E-state index contributed by atoms with van der Waals surface area (Å²) in [4.78, 5) is 5.35. The van der Waals surface area contributed by atoms with Crippen molar-refractivity contribution in [3.8, 4) is 0 Å². The zero-order valence-electron chi connectivity index (χ0n) is 10.3. The van der Waals surface area contributed by atoms with Crippen molar-refractivity contribution < 1.29 is 18.3 Å². The molecule has 0 amide bonds. The number of rotatable bonds is 2. The molecule has 1 aromatic heterocycles. The fourth-order valence-electron chi connectivity index (χ4n) is 2.22. The molecule has 0 aromatic carbocycles. The van der Waals surface area contributed by atoms with E-state index in [1.165, 1.54) is 6.07 Å². The Kier molecular flexibility index (Phi) is 3.96. The summed E-state index contributed by atoms with van der Waals surface area (Å²) >= 11 is 0. The largest absolute Gasteiger partial charge is 0.433 e. The Morgan fingerprint density at radius 1 is 1.42 bits per heavy atom. The van der Waals surface area contributed by atoms with Gasteiger partial charge in [0.1, 0.15) is 11.5 Å². The van der Waals surface area contributed by atoms with Crippen LogP contribution in [0.15, 0.2) is 12.1 Å². The maximum Gasteiger partial charge on any atom is 0.433 e. The minimum absolute atomic E-state index is 0.118. The lowest BCUT2D eigenvalue weighted by Gasteiger charge is -2.32. The summed E-state index contributed by atoms with van der Waals surface area (Å²) in [6.07, 6.45) is -3.62. The van der Waals surface area contributed by atoms with E-state index < -0.39 is 18.0 Å². The van der Waals surface area contributed by atoms with Crippen LogP contribution < -0.4 is 10.6 Å². The molecule has 1 aromatic rings. The number of aromatic nitrogens is 1. The molecule has 0 aliphatic carbocycles. The van der Waals surface area contributed by atoms with Crippen molar-refractivity contribution in [1.29, 1.82) is 0 Å². The minimum atomic E-state index is -4.48. The van der Waals surface area contributed by atoms with Crippen molar-refractivity contribution >= 4 is 5.82 Å². The fraction of sp³-hybridized carbons (Fsp3) is 0.583. The van der Waals surface area contributed by atoms with Crippen molar-refractivity contribution in [2.45, 2.75) is 31.7 Å². The molecule has 0 bridgehead atoms. The highest BCUT2D eigenvalue weighted by Gasteiger charge is 2.34. The minimum Gasteiger partial charge on any atom is -0.391 e. The fourth-order valence-corrected chi connectivity index (χ4v) is 2.22. The van der Waals surface area contributed by atoms with Crippen molar-refractivity contribution in [3.63, 3.8) is 0 Å². The van der Waals surface area contributed by atoms with E-state index in [1.807, 2.05) is 0 Å². The number of aliphatic hydroxyl groups excluding tert-OH is 1. The molecule has 0 radical (unpaired) electrons. The molecule has 19 heavy (non-hydrogen) atoms. The van der Waals surface area contributed by atoms with Crippen molar-refractivity contribution in [3.05, 3.63) is 23.4 Å². The Hall–Kier alpha value is -1.34. The number of anilines is 1. The van der Waals surface area contributed by atoms with Crippen LogP contribution >= 0.6 is 0 Å². The summed E-state index contributed by atoms with van der Waals surface area (Å²) in [5, 5.41) is 9.61. The lowest BCUT2D eigenvalue weighted by molar-refractivity contribution is -0.141. The van der Waals surface area contributed by atoms with Crippen LogP contribution in [0.1, 0.15) is 24.1 Å². The molecule has 2 heterocycles. The molecule has 1 saturated heterocycles. The summed E-state index contributed by atoms with van der Waals surface area (Å²) < 4.78 is 38.1. The molecule has 1 unspecified atom stereocenters. The van der Waals surface area contributed by atoms with Gasteiger partial charge in [0.05, 0.1) is 6.10 Å². The first-order chi connectivity index (χ1) is 8.91. The average Bonchev–Trinajstić information content (AvgIpc) is 2.37. The number of nitrogens with zero attached hydrogens (tertiary/aromatic N) is 2. The topological polar surface area (TPSA) is 62.4 Å². The van der Waals surface area contributed by atoms with Gasteiger partial charge in [0, 0.05) is 25.2 Å². The molecule has 7 heteroatoms. The Morgan fingerprint density at radius 2 is 2.16 bits per heavy atom. The summed E-state index contributed by atoms with van der Waals surface area (Å²) in [6, 6.07) is 2.29. The van der Waals surface area contributed by atoms with Crippen LogP contribution in [0, 0.1) is 0 Å². The van der Waals surface area contributed by atoms with Gasteiger partial charge in [-0.3, -0.25) is 0 Å². The van der Waals surface area contributed by atoms with E-state index in [-0.39, 0.29) is 12.4 Å². The van der Waals surface area contributed by atoms with E-state index in [9.17, 15) is 18.3 Å². The second-order valence-electron chi connectivity index (χ2n) is 4.62. The third-order valence-corrected chi connectivity index (χ3v) is 3.16. The van der Waals surface area contributed by atoms with E-state index in [0.717, 1.165) is 12.5 Å². The van der Waals surface area contributed by atoms with Gasteiger partial charge in [-0.2, -0.15) is 13.2 Å². The van der Waals surface area contributed by atoms with Gasteiger partial charge in [0.15, 0.2) is 0 Å². The number of β-amino-alcohol motifs (C(OH)–C–C–N with tert-alkyl or cyclic N) is 1. The lowest BCUT2D eigenvalue weighted by atomic mass is 10.1. The van der Waals surface area contributed by atoms with Gasteiger partial charge in [-0.1, -0.05) is 6.07 Å². The van der Waals surface area contributed by atoms with E-state index in [0.29, 0.717) is 25.1 Å². The van der Waals surface area contributed by atoms with Crippen LogP contribution in [0.25, 0.3) is 0 Å². The molecular weight excluding hydrogens is 259 g/mol. The third-order valence-electron chi connectivity index (χ3n) is 3.16. The van der Waals surface area contributed by atoms with Crippen molar-refractivity contribution in [2.75, 3.05) is 18.0 Å². The number of aliphatic hydroxyl groups is 1. The predicted molar refractivity (Wildman–Crippen MR) is 64.6 cm³/mol. The molecule has 106 valence electrons. The zero-order valence-corrected chi connectivity index (χ0v) is 10.3. The quantitative estimate of drug-likeness (QED) is 0.859. The van der Waals surface area contributed by atoms with Crippen molar-refractivity contribution in [1.82, 2.24) is 4.98 Å². The maximum absolute atomic E-state index is 12.7. The second kappa shape index (κ2) is 5.34. The first-order valence-corrected chi connectivity index (χ1v) is 6.12. The SMILES string of the molecule is NCc1ccc(C(F)(F)F)nc1N1CCCC(O)C1. The lowest BCUT2D eigenvalue weighted by Crippen LogP contribution is -2.39. The second-order valence-corrected chi connectivity index (χ2v) is 4.62. The Labute approximate surface area is 109 Å². The number of hydrogen-bond acceptors (Lipinski definition) is 4. The van der Waals surface area contributed by atoms with E-state index in [2.05, 4.69) is 4.98 Å². The molecule has 1 atom stereocenters. The van der Waals surface area contributed by atoms with Gasteiger partial charge >= 0.3 is 6.18 Å². The molecule has 1 aliphatic rings. The van der Waals surface area contributed by atoms with Crippen molar-refractivity contribution in [2.24, 2.45) is 5.73 Å². The summed E-state index contributed by atoms with van der Waals surface area (Å²) in [5.74, 6) is 0.232. The molecule has 1 fully saturated rings. The Bertz CT molecular complexity index is 450. The van der Waals surface area contributed by atoms with Gasteiger partial charge in [-0.15, -0.1) is 0 Å². The smallest absolute Gasteiger partial charge is 0.391 e. The van der Waals surface area contributed by atoms with E-state index in [4.69, 9.17) is 5.73 Å². The van der Waals surface area contributed by atoms with E-state index in [1.54, 1.807) is 4.90 Å². The van der Waals surface area contributed by atoms with E-state index >= 15 is 0 Å². The zero-order chi connectivity index (χ0) is 14.0. The monoisotopic (exact) mass is 275 g/mol. The molecule has 1 aliphatic heterocycles. The first-order valence-electron chi connectivity index (χ1n) is 6.12. The van der Waals surface area contributed by atoms with Crippen LogP contribution in [0.2, 0.25) is 0 Å². The van der Waals surface area contributed by atoms with Crippen LogP contribution in [0.3, 0.4) is 0 Å². The van der Waals surface area contributed by atoms with Gasteiger partial charge in [0.2, 0.25) is 0 Å².